The molecule has 0 N–H and O–H groups in total. The van der Waals surface area contributed by atoms with E-state index in [1.165, 1.54) is 5.56 Å². The SMILES string of the molecule is Cc1nc2c(c[n+]1C)CN1C=CSC1=N2. The fourth-order valence-electron chi connectivity index (χ4n) is 1.68. The number of nitrogens with zero attached hydrogens (tertiary/aromatic N) is 4. The summed E-state index contributed by atoms with van der Waals surface area (Å²) >= 11 is 1.65. The molecule has 1 aromatic heterocycles. The Morgan fingerprint density at radius 2 is 2.40 bits per heavy atom. The number of aliphatic imine (C=N–C) groups is 1. The molecule has 2 aliphatic heterocycles. The third-order valence-corrected chi connectivity index (χ3v) is 3.41. The summed E-state index contributed by atoms with van der Waals surface area (Å²) in [7, 11) is 2.01. The van der Waals surface area contributed by atoms with E-state index in [-0.39, 0.29) is 0 Å². The van der Waals surface area contributed by atoms with E-state index in [1.54, 1.807) is 11.8 Å². The highest BCUT2D eigenvalue weighted by atomic mass is 32.2. The Bertz CT molecular complexity index is 492. The van der Waals surface area contributed by atoms with Gasteiger partial charge in [0.2, 0.25) is 0 Å². The summed E-state index contributed by atoms with van der Waals surface area (Å²) in [5.74, 6) is 1.86. The average Bonchev–Trinajstić information content (AvgIpc) is 2.63. The van der Waals surface area contributed by atoms with E-state index in [0.717, 1.165) is 23.4 Å². The lowest BCUT2D eigenvalue weighted by Crippen LogP contribution is -2.35. The van der Waals surface area contributed by atoms with Crippen LogP contribution in [0.5, 0.6) is 0 Å². The third-order valence-electron chi connectivity index (χ3n) is 2.62. The zero-order chi connectivity index (χ0) is 10.4. The highest BCUT2D eigenvalue weighted by molar-refractivity contribution is 8.16. The van der Waals surface area contributed by atoms with Gasteiger partial charge in [0.15, 0.2) is 5.17 Å². The van der Waals surface area contributed by atoms with Crippen LogP contribution in [0.2, 0.25) is 0 Å². The van der Waals surface area contributed by atoms with Gasteiger partial charge in [0, 0.05) is 13.1 Å². The van der Waals surface area contributed by atoms with Gasteiger partial charge in [-0.15, -0.1) is 0 Å². The fourth-order valence-corrected chi connectivity index (χ4v) is 2.41. The van der Waals surface area contributed by atoms with Gasteiger partial charge in [0.1, 0.15) is 6.20 Å². The molecule has 1 aromatic rings. The molecule has 3 heterocycles. The lowest BCUT2D eigenvalue weighted by molar-refractivity contribution is -0.681. The lowest BCUT2D eigenvalue weighted by atomic mass is 10.2. The molecule has 15 heavy (non-hydrogen) atoms. The van der Waals surface area contributed by atoms with Crippen LogP contribution in [0.25, 0.3) is 0 Å². The maximum atomic E-state index is 4.53. The second-order valence-corrected chi connectivity index (χ2v) is 4.55. The Morgan fingerprint density at radius 3 is 3.27 bits per heavy atom. The van der Waals surface area contributed by atoms with Crippen LogP contribution in [0.3, 0.4) is 0 Å². The fraction of sp³-hybridized carbons (Fsp3) is 0.300. The quantitative estimate of drug-likeness (QED) is 0.615. The second-order valence-electron chi connectivity index (χ2n) is 3.67. The normalized spacial score (nSPS) is 17.5. The van der Waals surface area contributed by atoms with Gasteiger partial charge >= 0.3 is 0 Å². The lowest BCUT2D eigenvalue weighted by Gasteiger charge is -2.19. The molecule has 0 radical (unpaired) electrons. The molecule has 3 rings (SSSR count). The first-order valence-electron chi connectivity index (χ1n) is 4.79. The minimum atomic E-state index is 0.869. The maximum absolute atomic E-state index is 4.53. The number of fused-ring (bicyclic) bond motifs is 2. The molecular formula is C10H11N4S+. The average molecular weight is 219 g/mol. The molecule has 0 atom stereocenters. The van der Waals surface area contributed by atoms with E-state index in [4.69, 9.17) is 0 Å². The van der Waals surface area contributed by atoms with E-state index < -0.39 is 0 Å². The molecule has 0 amide bonds. The molecule has 5 heteroatoms. The molecule has 0 unspecified atom stereocenters. The minimum Gasteiger partial charge on any atom is -0.322 e. The van der Waals surface area contributed by atoms with Crippen molar-refractivity contribution < 1.29 is 4.57 Å². The third kappa shape index (κ3) is 1.34. The molecule has 0 saturated carbocycles. The summed E-state index contributed by atoms with van der Waals surface area (Å²) in [5, 5.41) is 3.08. The van der Waals surface area contributed by atoms with Crippen LogP contribution in [0.15, 0.2) is 22.8 Å². The Kier molecular flexibility index (Phi) is 1.82. The van der Waals surface area contributed by atoms with Crippen molar-refractivity contribution in [2.75, 3.05) is 0 Å². The summed E-state index contributed by atoms with van der Waals surface area (Å²) in [5.41, 5.74) is 1.18. The Labute approximate surface area is 92.3 Å². The molecular weight excluding hydrogens is 208 g/mol. The molecule has 0 aliphatic carbocycles. The van der Waals surface area contributed by atoms with Gasteiger partial charge < -0.3 is 4.90 Å². The molecule has 76 valence electrons. The minimum absolute atomic E-state index is 0.869. The zero-order valence-corrected chi connectivity index (χ0v) is 9.45. The monoisotopic (exact) mass is 219 g/mol. The van der Waals surface area contributed by atoms with Gasteiger partial charge in [-0.2, -0.15) is 4.99 Å². The van der Waals surface area contributed by atoms with Crippen LogP contribution in [0.1, 0.15) is 11.4 Å². The van der Waals surface area contributed by atoms with E-state index in [1.807, 2.05) is 18.5 Å². The van der Waals surface area contributed by atoms with Crippen molar-refractivity contribution in [2.45, 2.75) is 13.5 Å². The second kappa shape index (κ2) is 3.06. The van der Waals surface area contributed by atoms with Crippen LogP contribution >= 0.6 is 11.8 Å². The van der Waals surface area contributed by atoms with Crippen molar-refractivity contribution in [1.82, 2.24) is 9.88 Å². The summed E-state index contributed by atoms with van der Waals surface area (Å²) in [4.78, 5) is 11.2. The van der Waals surface area contributed by atoms with Gasteiger partial charge in [0.25, 0.3) is 11.6 Å². The van der Waals surface area contributed by atoms with Gasteiger partial charge in [0.05, 0.1) is 19.2 Å². The van der Waals surface area contributed by atoms with Crippen molar-refractivity contribution in [1.29, 1.82) is 0 Å². The summed E-state index contributed by atoms with van der Waals surface area (Å²) in [6.07, 6.45) is 4.17. The maximum Gasteiger partial charge on any atom is 0.297 e. The Morgan fingerprint density at radius 1 is 1.53 bits per heavy atom. The predicted molar refractivity (Wildman–Crippen MR) is 59.5 cm³/mol. The Hall–Kier alpha value is -1.36. The van der Waals surface area contributed by atoms with Crippen molar-refractivity contribution in [2.24, 2.45) is 12.0 Å². The van der Waals surface area contributed by atoms with Gasteiger partial charge in [-0.1, -0.05) is 11.8 Å². The van der Waals surface area contributed by atoms with Crippen molar-refractivity contribution in [3.8, 4) is 0 Å². The van der Waals surface area contributed by atoms with Crippen molar-refractivity contribution >= 4 is 22.7 Å². The predicted octanol–water partition coefficient (Wildman–Crippen LogP) is 1.24. The molecule has 4 nitrogen and oxygen atoms in total. The van der Waals surface area contributed by atoms with Gasteiger partial charge in [-0.3, -0.25) is 0 Å². The Balaban J connectivity index is 2.14. The van der Waals surface area contributed by atoms with Crippen molar-refractivity contribution in [3.63, 3.8) is 0 Å². The highest BCUT2D eigenvalue weighted by Gasteiger charge is 2.26. The summed E-state index contributed by atoms with van der Waals surface area (Å²) < 4.78 is 2.03. The van der Waals surface area contributed by atoms with Crippen LogP contribution < -0.4 is 4.57 Å². The number of hydrogen-bond donors (Lipinski definition) is 0. The van der Waals surface area contributed by atoms with Crippen LogP contribution in [-0.2, 0) is 13.6 Å². The number of aromatic nitrogens is 2. The summed E-state index contributed by atoms with van der Waals surface area (Å²) in [6.45, 7) is 2.87. The standard InChI is InChI=1S/C10H11N4S/c1-7-11-9-8(5-13(7)2)6-14-3-4-15-10(14)12-9/h3-5H,6H2,1-2H3/q+1. The molecule has 2 aliphatic rings. The highest BCUT2D eigenvalue weighted by Crippen LogP contribution is 2.30. The molecule has 0 spiro atoms. The molecule has 0 saturated heterocycles. The first-order valence-corrected chi connectivity index (χ1v) is 5.67. The molecule has 0 aromatic carbocycles. The number of aryl methyl sites for hydroxylation is 2. The van der Waals surface area contributed by atoms with E-state index in [0.29, 0.717) is 0 Å². The van der Waals surface area contributed by atoms with Crippen LogP contribution in [0.4, 0.5) is 5.82 Å². The number of thioether (sulfide) groups is 1. The zero-order valence-electron chi connectivity index (χ0n) is 8.64. The number of hydrogen-bond acceptors (Lipinski definition) is 4. The largest absolute Gasteiger partial charge is 0.322 e. The first kappa shape index (κ1) is 8.91. The summed E-state index contributed by atoms with van der Waals surface area (Å²) in [6, 6.07) is 0. The van der Waals surface area contributed by atoms with E-state index in [9.17, 15) is 0 Å². The number of amidine groups is 1. The smallest absolute Gasteiger partial charge is 0.297 e. The number of rotatable bonds is 0. The van der Waals surface area contributed by atoms with Gasteiger partial charge in [-0.05, 0) is 10.4 Å². The van der Waals surface area contributed by atoms with Crippen LogP contribution in [-0.4, -0.2) is 15.1 Å². The molecule has 0 bridgehead atoms. The van der Waals surface area contributed by atoms with Gasteiger partial charge in [-0.25, -0.2) is 4.57 Å². The van der Waals surface area contributed by atoms with Crippen molar-refractivity contribution in [3.05, 3.63) is 29.2 Å². The topological polar surface area (TPSA) is 32.4 Å². The van der Waals surface area contributed by atoms with Crippen LogP contribution in [0, 0.1) is 6.92 Å². The molecule has 0 fully saturated rings. The van der Waals surface area contributed by atoms with E-state index in [2.05, 4.69) is 32.7 Å². The van der Waals surface area contributed by atoms with E-state index >= 15 is 0 Å². The first-order chi connectivity index (χ1) is 7.24.